The van der Waals surface area contributed by atoms with E-state index in [1.54, 1.807) is 0 Å². The molecule has 15 heavy (non-hydrogen) atoms. The standard InChI is InChI=1S/C13H20O2/c1-13(8-15-9-13)7-14-6-12-5-10-2-3-11(12)4-10/h2-3,10-12H,4-9H2,1H3. The minimum Gasteiger partial charge on any atom is -0.380 e. The third-order valence-corrected chi connectivity index (χ3v) is 4.10. The molecule has 0 N–H and O–H groups in total. The highest BCUT2D eigenvalue weighted by Crippen LogP contribution is 2.43. The maximum atomic E-state index is 5.86. The lowest BCUT2D eigenvalue weighted by molar-refractivity contribution is -0.141. The van der Waals surface area contributed by atoms with Crippen molar-refractivity contribution < 1.29 is 9.47 Å². The summed E-state index contributed by atoms with van der Waals surface area (Å²) in [5.74, 6) is 2.48. The van der Waals surface area contributed by atoms with E-state index in [-0.39, 0.29) is 0 Å². The monoisotopic (exact) mass is 208 g/mol. The zero-order valence-corrected chi connectivity index (χ0v) is 9.45. The van der Waals surface area contributed by atoms with Gasteiger partial charge in [0.2, 0.25) is 0 Å². The molecule has 84 valence electrons. The van der Waals surface area contributed by atoms with E-state index in [0.29, 0.717) is 5.41 Å². The van der Waals surface area contributed by atoms with E-state index >= 15 is 0 Å². The van der Waals surface area contributed by atoms with Gasteiger partial charge in [-0.05, 0) is 30.6 Å². The number of rotatable bonds is 4. The maximum Gasteiger partial charge on any atom is 0.0564 e. The van der Waals surface area contributed by atoms with Crippen molar-refractivity contribution in [3.05, 3.63) is 12.2 Å². The van der Waals surface area contributed by atoms with Gasteiger partial charge in [-0.1, -0.05) is 19.1 Å². The van der Waals surface area contributed by atoms with Crippen molar-refractivity contribution in [2.24, 2.45) is 23.2 Å². The Balaban J connectivity index is 1.41. The van der Waals surface area contributed by atoms with Crippen molar-refractivity contribution in [2.75, 3.05) is 26.4 Å². The molecule has 1 heterocycles. The lowest BCUT2D eigenvalue weighted by Gasteiger charge is -2.38. The molecule has 2 aliphatic carbocycles. The van der Waals surface area contributed by atoms with E-state index in [0.717, 1.165) is 44.2 Å². The van der Waals surface area contributed by atoms with E-state index in [1.807, 2.05) is 0 Å². The molecule has 3 atom stereocenters. The first kappa shape index (κ1) is 9.86. The van der Waals surface area contributed by atoms with Crippen molar-refractivity contribution in [1.29, 1.82) is 0 Å². The SMILES string of the molecule is CC1(COCC2CC3C=CC2C3)COC1. The minimum absolute atomic E-state index is 0.313. The molecular formula is C13H20O2. The highest BCUT2D eigenvalue weighted by Gasteiger charge is 2.37. The Hall–Kier alpha value is -0.340. The van der Waals surface area contributed by atoms with Gasteiger partial charge in [-0.15, -0.1) is 0 Å². The molecule has 2 nitrogen and oxygen atoms in total. The van der Waals surface area contributed by atoms with Gasteiger partial charge in [0.05, 0.1) is 19.8 Å². The Kier molecular flexibility index (Phi) is 2.37. The molecule has 0 aromatic rings. The number of hydrogen-bond donors (Lipinski definition) is 0. The van der Waals surface area contributed by atoms with E-state index in [1.165, 1.54) is 12.8 Å². The van der Waals surface area contributed by atoms with Gasteiger partial charge in [-0.3, -0.25) is 0 Å². The van der Waals surface area contributed by atoms with Crippen LogP contribution in [0.1, 0.15) is 19.8 Å². The molecule has 0 radical (unpaired) electrons. The molecule has 3 unspecified atom stereocenters. The Bertz CT molecular complexity index is 268. The second-order valence-corrected chi connectivity index (χ2v) is 5.86. The van der Waals surface area contributed by atoms with Crippen LogP contribution in [0.25, 0.3) is 0 Å². The second-order valence-electron chi connectivity index (χ2n) is 5.86. The van der Waals surface area contributed by atoms with Gasteiger partial charge in [0.1, 0.15) is 0 Å². The maximum absolute atomic E-state index is 5.86. The predicted octanol–water partition coefficient (Wildman–Crippen LogP) is 2.25. The molecule has 0 aromatic heterocycles. The van der Waals surface area contributed by atoms with E-state index in [2.05, 4.69) is 19.1 Å². The third kappa shape index (κ3) is 1.85. The van der Waals surface area contributed by atoms with Crippen LogP contribution >= 0.6 is 0 Å². The quantitative estimate of drug-likeness (QED) is 0.660. The Morgan fingerprint density at radius 3 is 2.73 bits per heavy atom. The van der Waals surface area contributed by atoms with Crippen molar-refractivity contribution in [3.8, 4) is 0 Å². The molecule has 1 saturated carbocycles. The topological polar surface area (TPSA) is 18.5 Å². The van der Waals surface area contributed by atoms with Crippen molar-refractivity contribution in [2.45, 2.75) is 19.8 Å². The second kappa shape index (κ2) is 3.60. The largest absolute Gasteiger partial charge is 0.380 e. The van der Waals surface area contributed by atoms with Crippen LogP contribution < -0.4 is 0 Å². The molecule has 0 aromatic carbocycles. The predicted molar refractivity (Wildman–Crippen MR) is 58.6 cm³/mol. The average Bonchev–Trinajstić information content (AvgIpc) is 2.76. The van der Waals surface area contributed by atoms with Gasteiger partial charge in [0, 0.05) is 12.0 Å². The Morgan fingerprint density at radius 1 is 1.33 bits per heavy atom. The Labute approximate surface area is 91.6 Å². The summed E-state index contributed by atoms with van der Waals surface area (Å²) in [5, 5.41) is 0. The van der Waals surface area contributed by atoms with Gasteiger partial charge in [-0.25, -0.2) is 0 Å². The van der Waals surface area contributed by atoms with Crippen LogP contribution in [0.4, 0.5) is 0 Å². The minimum atomic E-state index is 0.313. The van der Waals surface area contributed by atoms with E-state index in [9.17, 15) is 0 Å². The molecule has 0 spiro atoms. The van der Waals surface area contributed by atoms with E-state index < -0.39 is 0 Å². The first-order valence-electron chi connectivity index (χ1n) is 6.09. The number of hydrogen-bond acceptors (Lipinski definition) is 2. The van der Waals surface area contributed by atoms with Crippen LogP contribution in [0.5, 0.6) is 0 Å². The molecule has 2 bridgehead atoms. The van der Waals surface area contributed by atoms with Crippen LogP contribution in [-0.4, -0.2) is 26.4 Å². The summed E-state index contributed by atoms with van der Waals surface area (Å²) >= 11 is 0. The fourth-order valence-electron chi connectivity index (χ4n) is 3.08. The van der Waals surface area contributed by atoms with Crippen LogP contribution in [0.15, 0.2) is 12.2 Å². The summed E-state index contributed by atoms with van der Waals surface area (Å²) in [4.78, 5) is 0. The summed E-state index contributed by atoms with van der Waals surface area (Å²) in [6.45, 7) is 5.84. The van der Waals surface area contributed by atoms with Crippen LogP contribution in [-0.2, 0) is 9.47 Å². The average molecular weight is 208 g/mol. The normalized spacial score (nSPS) is 40.7. The third-order valence-electron chi connectivity index (χ3n) is 4.10. The number of fused-ring (bicyclic) bond motifs is 2. The number of allylic oxidation sites excluding steroid dienone is 2. The summed E-state index contributed by atoms with van der Waals surface area (Å²) in [6, 6.07) is 0. The molecular weight excluding hydrogens is 188 g/mol. The molecule has 2 heteroatoms. The molecule has 0 amide bonds. The van der Waals surface area contributed by atoms with Gasteiger partial charge < -0.3 is 9.47 Å². The molecule has 3 aliphatic rings. The van der Waals surface area contributed by atoms with Crippen molar-refractivity contribution in [3.63, 3.8) is 0 Å². The molecule has 2 fully saturated rings. The van der Waals surface area contributed by atoms with Gasteiger partial charge >= 0.3 is 0 Å². The number of ether oxygens (including phenoxy) is 2. The zero-order chi connectivity index (χ0) is 10.3. The highest BCUT2D eigenvalue weighted by molar-refractivity contribution is 5.10. The highest BCUT2D eigenvalue weighted by atomic mass is 16.5. The van der Waals surface area contributed by atoms with Crippen LogP contribution in [0.2, 0.25) is 0 Å². The molecule has 3 rings (SSSR count). The van der Waals surface area contributed by atoms with Gasteiger partial charge in [-0.2, -0.15) is 0 Å². The lowest BCUT2D eigenvalue weighted by atomic mass is 9.90. The van der Waals surface area contributed by atoms with Crippen molar-refractivity contribution in [1.82, 2.24) is 0 Å². The fraction of sp³-hybridized carbons (Fsp3) is 0.846. The van der Waals surface area contributed by atoms with Crippen LogP contribution in [0, 0.1) is 23.2 Å². The molecule has 1 aliphatic heterocycles. The smallest absolute Gasteiger partial charge is 0.0564 e. The van der Waals surface area contributed by atoms with Gasteiger partial charge in [0.15, 0.2) is 0 Å². The zero-order valence-electron chi connectivity index (χ0n) is 9.45. The first-order chi connectivity index (χ1) is 7.25. The van der Waals surface area contributed by atoms with Gasteiger partial charge in [0.25, 0.3) is 0 Å². The van der Waals surface area contributed by atoms with Crippen LogP contribution in [0.3, 0.4) is 0 Å². The summed E-state index contributed by atoms with van der Waals surface area (Å²) < 4.78 is 11.1. The van der Waals surface area contributed by atoms with Crippen molar-refractivity contribution >= 4 is 0 Å². The van der Waals surface area contributed by atoms with E-state index in [4.69, 9.17) is 9.47 Å². The summed E-state index contributed by atoms with van der Waals surface area (Å²) in [7, 11) is 0. The summed E-state index contributed by atoms with van der Waals surface area (Å²) in [6.07, 6.45) is 7.53. The summed E-state index contributed by atoms with van der Waals surface area (Å²) in [5.41, 5.74) is 0.313. The fourth-order valence-corrected chi connectivity index (χ4v) is 3.08. The Morgan fingerprint density at radius 2 is 2.20 bits per heavy atom. The first-order valence-corrected chi connectivity index (χ1v) is 6.09. The molecule has 1 saturated heterocycles. The lowest BCUT2D eigenvalue weighted by Crippen LogP contribution is -2.43.